The second-order valence-corrected chi connectivity index (χ2v) is 6.59. The molecule has 0 aromatic carbocycles. The molecule has 21 heavy (non-hydrogen) atoms. The van der Waals surface area contributed by atoms with E-state index in [1.54, 1.807) is 11.3 Å². The summed E-state index contributed by atoms with van der Waals surface area (Å²) < 4.78 is 1.94. The Kier molecular flexibility index (Phi) is 5.76. The molecule has 2 heterocycles. The molecule has 114 valence electrons. The summed E-state index contributed by atoms with van der Waals surface area (Å²) >= 11 is 1.68. The Hall–Kier alpha value is -1.39. The second kappa shape index (κ2) is 7.57. The molecule has 0 spiro atoms. The number of rotatable bonds is 7. The third-order valence-electron chi connectivity index (χ3n) is 3.52. The Morgan fingerprint density at radius 2 is 2.10 bits per heavy atom. The van der Waals surface area contributed by atoms with Crippen LogP contribution in [0.15, 0.2) is 34.4 Å². The van der Waals surface area contributed by atoms with E-state index < -0.39 is 0 Å². The number of hydrogen-bond acceptors (Lipinski definition) is 3. The van der Waals surface area contributed by atoms with Gasteiger partial charge in [0.05, 0.1) is 10.6 Å². The smallest absolute Gasteiger partial charge is 0.255 e. The third kappa shape index (κ3) is 4.05. The largest absolute Gasteiger partial charge is 0.313 e. The highest BCUT2D eigenvalue weighted by Gasteiger charge is 2.11. The molecule has 0 atom stereocenters. The summed E-state index contributed by atoms with van der Waals surface area (Å²) in [6, 6.07) is 8.16. The Morgan fingerprint density at radius 1 is 1.29 bits per heavy atom. The quantitative estimate of drug-likeness (QED) is 0.845. The van der Waals surface area contributed by atoms with Crippen LogP contribution >= 0.6 is 11.3 Å². The highest BCUT2D eigenvalue weighted by Crippen LogP contribution is 2.24. The zero-order chi connectivity index (χ0) is 15.2. The SMILES string of the molecule is CCNCc1ccc(-c2cccs2)n(CCC(C)C)c1=O. The van der Waals surface area contributed by atoms with Crippen molar-refractivity contribution in [2.24, 2.45) is 5.92 Å². The lowest BCUT2D eigenvalue weighted by atomic mass is 10.1. The van der Waals surface area contributed by atoms with Crippen molar-refractivity contribution in [2.45, 2.75) is 40.3 Å². The Balaban J connectivity index is 2.40. The predicted molar refractivity (Wildman–Crippen MR) is 90.9 cm³/mol. The number of nitrogens with one attached hydrogen (secondary N) is 1. The molecule has 1 N–H and O–H groups in total. The fourth-order valence-electron chi connectivity index (χ4n) is 2.27. The van der Waals surface area contributed by atoms with Crippen LogP contribution in [0.1, 0.15) is 32.8 Å². The van der Waals surface area contributed by atoms with Gasteiger partial charge in [0.2, 0.25) is 0 Å². The van der Waals surface area contributed by atoms with Crippen LogP contribution in [0.2, 0.25) is 0 Å². The topological polar surface area (TPSA) is 34.0 Å². The lowest BCUT2D eigenvalue weighted by molar-refractivity contribution is 0.508. The number of pyridine rings is 1. The van der Waals surface area contributed by atoms with Crippen LogP contribution in [-0.4, -0.2) is 11.1 Å². The van der Waals surface area contributed by atoms with Crippen LogP contribution in [0.3, 0.4) is 0 Å². The molecule has 2 aromatic heterocycles. The molecule has 0 saturated carbocycles. The molecular formula is C17H24N2OS. The first-order chi connectivity index (χ1) is 10.1. The van der Waals surface area contributed by atoms with Crippen molar-refractivity contribution in [1.82, 2.24) is 9.88 Å². The van der Waals surface area contributed by atoms with E-state index in [1.165, 1.54) is 0 Å². The minimum Gasteiger partial charge on any atom is -0.313 e. The van der Waals surface area contributed by atoms with Crippen molar-refractivity contribution in [3.05, 3.63) is 45.6 Å². The zero-order valence-electron chi connectivity index (χ0n) is 13.1. The molecule has 0 radical (unpaired) electrons. The summed E-state index contributed by atoms with van der Waals surface area (Å²) in [4.78, 5) is 13.9. The van der Waals surface area contributed by atoms with Gasteiger partial charge >= 0.3 is 0 Å². The van der Waals surface area contributed by atoms with E-state index in [-0.39, 0.29) is 5.56 Å². The van der Waals surface area contributed by atoms with Gasteiger partial charge in [0, 0.05) is 18.7 Å². The first-order valence-corrected chi connectivity index (χ1v) is 8.48. The lowest BCUT2D eigenvalue weighted by Gasteiger charge is -2.15. The molecule has 0 aliphatic heterocycles. The molecule has 0 saturated heterocycles. The monoisotopic (exact) mass is 304 g/mol. The maximum atomic E-state index is 12.7. The highest BCUT2D eigenvalue weighted by molar-refractivity contribution is 7.13. The maximum absolute atomic E-state index is 12.7. The van der Waals surface area contributed by atoms with Gasteiger partial charge in [0.1, 0.15) is 0 Å². The first-order valence-electron chi connectivity index (χ1n) is 7.60. The normalized spacial score (nSPS) is 11.2. The van der Waals surface area contributed by atoms with E-state index in [4.69, 9.17) is 0 Å². The van der Waals surface area contributed by atoms with E-state index >= 15 is 0 Å². The molecule has 2 aromatic rings. The Morgan fingerprint density at radius 3 is 2.71 bits per heavy atom. The van der Waals surface area contributed by atoms with Crippen molar-refractivity contribution in [1.29, 1.82) is 0 Å². The third-order valence-corrected chi connectivity index (χ3v) is 4.41. The Bertz CT molecular complexity index is 614. The second-order valence-electron chi connectivity index (χ2n) is 5.64. The highest BCUT2D eigenvalue weighted by atomic mass is 32.1. The van der Waals surface area contributed by atoms with Crippen LogP contribution in [0.4, 0.5) is 0 Å². The van der Waals surface area contributed by atoms with Crippen molar-refractivity contribution in [3.63, 3.8) is 0 Å². The standard InChI is InChI=1S/C17H24N2OS/c1-4-18-12-14-7-8-15(16-6-5-11-21-16)19(17(14)20)10-9-13(2)3/h5-8,11,13,18H,4,9-10,12H2,1-3H3. The number of aromatic nitrogens is 1. The van der Waals surface area contributed by atoms with Gasteiger partial charge < -0.3 is 9.88 Å². The summed E-state index contributed by atoms with van der Waals surface area (Å²) in [6.07, 6.45) is 1.02. The maximum Gasteiger partial charge on any atom is 0.255 e. The van der Waals surface area contributed by atoms with Crippen molar-refractivity contribution in [2.75, 3.05) is 6.54 Å². The zero-order valence-corrected chi connectivity index (χ0v) is 13.9. The number of thiophene rings is 1. The van der Waals surface area contributed by atoms with Crippen LogP contribution in [0.5, 0.6) is 0 Å². The van der Waals surface area contributed by atoms with Crippen LogP contribution < -0.4 is 10.9 Å². The summed E-state index contributed by atoms with van der Waals surface area (Å²) in [7, 11) is 0. The summed E-state index contributed by atoms with van der Waals surface area (Å²) in [6.45, 7) is 8.73. The molecule has 0 amide bonds. The van der Waals surface area contributed by atoms with Gasteiger partial charge in [-0.25, -0.2) is 0 Å². The number of hydrogen-bond donors (Lipinski definition) is 1. The van der Waals surface area contributed by atoms with E-state index in [0.717, 1.165) is 35.6 Å². The molecular weight excluding hydrogens is 280 g/mol. The van der Waals surface area contributed by atoms with Gasteiger partial charge in [-0.05, 0) is 36.4 Å². The molecule has 4 heteroatoms. The summed E-state index contributed by atoms with van der Waals surface area (Å²) in [5.41, 5.74) is 2.03. The number of nitrogens with zero attached hydrogens (tertiary/aromatic N) is 1. The van der Waals surface area contributed by atoms with Crippen molar-refractivity contribution >= 4 is 11.3 Å². The average molecular weight is 304 g/mol. The minimum absolute atomic E-state index is 0.141. The predicted octanol–water partition coefficient (Wildman–Crippen LogP) is 3.73. The molecule has 0 fully saturated rings. The van der Waals surface area contributed by atoms with Gasteiger partial charge in [-0.15, -0.1) is 11.3 Å². The average Bonchev–Trinajstić information content (AvgIpc) is 2.98. The summed E-state index contributed by atoms with van der Waals surface area (Å²) in [5.74, 6) is 0.588. The molecule has 0 aliphatic rings. The van der Waals surface area contributed by atoms with Gasteiger partial charge in [-0.3, -0.25) is 4.79 Å². The van der Waals surface area contributed by atoms with Gasteiger partial charge in [0.15, 0.2) is 0 Å². The fourth-order valence-corrected chi connectivity index (χ4v) is 3.03. The van der Waals surface area contributed by atoms with Gasteiger partial charge in [-0.1, -0.05) is 32.9 Å². The van der Waals surface area contributed by atoms with Crippen LogP contribution in [-0.2, 0) is 13.1 Å². The van der Waals surface area contributed by atoms with E-state index in [2.05, 4.69) is 43.6 Å². The molecule has 2 rings (SSSR count). The first kappa shape index (κ1) is 16.0. The lowest BCUT2D eigenvalue weighted by Crippen LogP contribution is -2.28. The van der Waals surface area contributed by atoms with Crippen molar-refractivity contribution < 1.29 is 0 Å². The Labute approximate surface area is 130 Å². The van der Waals surface area contributed by atoms with Gasteiger partial charge in [0.25, 0.3) is 5.56 Å². The molecule has 3 nitrogen and oxygen atoms in total. The summed E-state index contributed by atoms with van der Waals surface area (Å²) in [5, 5.41) is 5.30. The van der Waals surface area contributed by atoms with E-state index in [1.807, 2.05) is 16.7 Å². The van der Waals surface area contributed by atoms with Gasteiger partial charge in [-0.2, -0.15) is 0 Å². The van der Waals surface area contributed by atoms with E-state index in [9.17, 15) is 4.79 Å². The van der Waals surface area contributed by atoms with Crippen LogP contribution in [0, 0.1) is 5.92 Å². The molecule has 0 aliphatic carbocycles. The fraction of sp³-hybridized carbons (Fsp3) is 0.471. The minimum atomic E-state index is 0.141. The molecule has 0 bridgehead atoms. The van der Waals surface area contributed by atoms with E-state index in [0.29, 0.717) is 12.5 Å². The van der Waals surface area contributed by atoms with Crippen molar-refractivity contribution in [3.8, 4) is 10.6 Å². The molecule has 0 unspecified atom stereocenters. The van der Waals surface area contributed by atoms with Crippen LogP contribution in [0.25, 0.3) is 10.6 Å².